The second kappa shape index (κ2) is 5.59. The zero-order chi connectivity index (χ0) is 14.7. The first kappa shape index (κ1) is 13.8. The van der Waals surface area contributed by atoms with Crippen molar-refractivity contribution in [2.24, 2.45) is 0 Å². The van der Waals surface area contributed by atoms with Crippen LogP contribution in [0.2, 0.25) is 0 Å². The van der Waals surface area contributed by atoms with Gasteiger partial charge in [-0.1, -0.05) is 0 Å². The highest BCUT2D eigenvalue weighted by atomic mass is 19.2. The molecule has 0 fully saturated rings. The summed E-state index contributed by atoms with van der Waals surface area (Å²) < 4.78 is 44.4. The molecule has 3 N–H and O–H groups in total. The van der Waals surface area contributed by atoms with Gasteiger partial charge in [-0.25, -0.2) is 13.2 Å². The lowest BCUT2D eigenvalue weighted by Crippen LogP contribution is -2.07. The van der Waals surface area contributed by atoms with Crippen molar-refractivity contribution in [1.29, 1.82) is 0 Å². The van der Waals surface area contributed by atoms with Crippen molar-refractivity contribution in [1.82, 2.24) is 15.0 Å². The van der Waals surface area contributed by atoms with E-state index >= 15 is 0 Å². The minimum absolute atomic E-state index is 0.0644. The highest BCUT2D eigenvalue weighted by Crippen LogP contribution is 2.22. The zero-order valence-electron chi connectivity index (χ0n) is 10.3. The topological polar surface area (TPSA) is 86.0 Å². The summed E-state index contributed by atoms with van der Waals surface area (Å²) >= 11 is 0. The van der Waals surface area contributed by atoms with Gasteiger partial charge in [0.25, 0.3) is 0 Å². The summed E-state index contributed by atoms with van der Waals surface area (Å²) in [5, 5.41) is 2.38. The van der Waals surface area contributed by atoms with E-state index in [0.29, 0.717) is 18.7 Å². The van der Waals surface area contributed by atoms with E-state index in [2.05, 4.69) is 20.3 Å². The number of nitrogens with two attached hydrogens (primary N) is 1. The van der Waals surface area contributed by atoms with Crippen molar-refractivity contribution in [3.63, 3.8) is 0 Å². The number of benzene rings is 1. The third-order valence-corrected chi connectivity index (χ3v) is 2.16. The van der Waals surface area contributed by atoms with Gasteiger partial charge in [0.15, 0.2) is 11.6 Å². The Hall–Kier alpha value is -2.58. The molecular formula is C11H10F3N5O. The fourth-order valence-corrected chi connectivity index (χ4v) is 1.36. The van der Waals surface area contributed by atoms with Crippen LogP contribution >= 0.6 is 0 Å². The molecule has 6 nitrogen and oxygen atoms in total. The Bertz CT molecular complexity index is 638. The van der Waals surface area contributed by atoms with Crippen LogP contribution in [0.25, 0.3) is 0 Å². The van der Waals surface area contributed by atoms with E-state index in [4.69, 9.17) is 10.5 Å². The van der Waals surface area contributed by atoms with Crippen LogP contribution in [0.1, 0.15) is 6.92 Å². The molecule has 1 aromatic heterocycles. The average molecular weight is 285 g/mol. The monoisotopic (exact) mass is 285 g/mol. The van der Waals surface area contributed by atoms with Crippen LogP contribution in [0.15, 0.2) is 12.1 Å². The van der Waals surface area contributed by atoms with E-state index in [1.165, 1.54) is 0 Å². The Morgan fingerprint density at radius 3 is 2.50 bits per heavy atom. The van der Waals surface area contributed by atoms with Crippen LogP contribution < -0.4 is 15.8 Å². The van der Waals surface area contributed by atoms with Gasteiger partial charge in [-0.05, 0) is 6.92 Å². The molecule has 0 saturated heterocycles. The summed E-state index contributed by atoms with van der Waals surface area (Å²) in [5.74, 6) is -3.81. The maximum absolute atomic E-state index is 13.5. The minimum Gasteiger partial charge on any atom is -0.464 e. The minimum atomic E-state index is -1.29. The molecule has 106 valence electrons. The summed E-state index contributed by atoms with van der Waals surface area (Å²) in [6.07, 6.45) is 0. The summed E-state index contributed by atoms with van der Waals surface area (Å²) in [6.45, 7) is 2.00. The fraction of sp³-hybridized carbons (Fsp3) is 0.182. The largest absolute Gasteiger partial charge is 0.464 e. The molecule has 0 bridgehead atoms. The lowest BCUT2D eigenvalue weighted by atomic mass is 10.3. The Balaban J connectivity index is 2.32. The lowest BCUT2D eigenvalue weighted by molar-refractivity contribution is 0.312. The Morgan fingerprint density at radius 1 is 1.10 bits per heavy atom. The van der Waals surface area contributed by atoms with Gasteiger partial charge in [-0.15, -0.1) is 0 Å². The maximum atomic E-state index is 13.5. The molecule has 0 radical (unpaired) electrons. The summed E-state index contributed by atoms with van der Waals surface area (Å²) in [6, 6.07) is 0.988. The van der Waals surface area contributed by atoms with E-state index in [1.54, 1.807) is 6.92 Å². The van der Waals surface area contributed by atoms with Gasteiger partial charge in [0.1, 0.15) is 5.82 Å². The van der Waals surface area contributed by atoms with Crippen molar-refractivity contribution < 1.29 is 17.9 Å². The maximum Gasteiger partial charge on any atom is 0.323 e. The van der Waals surface area contributed by atoms with Crippen molar-refractivity contribution in [3.05, 3.63) is 29.6 Å². The third kappa shape index (κ3) is 3.05. The molecule has 0 atom stereocenters. The Morgan fingerprint density at radius 2 is 1.80 bits per heavy atom. The van der Waals surface area contributed by atoms with Crippen molar-refractivity contribution in [2.75, 3.05) is 17.7 Å². The van der Waals surface area contributed by atoms with Gasteiger partial charge in [0.05, 0.1) is 12.3 Å². The van der Waals surface area contributed by atoms with E-state index in [0.717, 1.165) is 0 Å². The smallest absolute Gasteiger partial charge is 0.323 e. The first-order valence-electron chi connectivity index (χ1n) is 5.55. The van der Waals surface area contributed by atoms with Gasteiger partial charge in [-0.3, -0.25) is 0 Å². The Kier molecular flexibility index (Phi) is 3.87. The van der Waals surface area contributed by atoms with Crippen molar-refractivity contribution in [2.45, 2.75) is 6.92 Å². The molecule has 2 rings (SSSR count). The number of ether oxygens (including phenoxy) is 1. The number of aromatic nitrogens is 3. The summed E-state index contributed by atoms with van der Waals surface area (Å²) in [5.41, 5.74) is 5.09. The molecular weight excluding hydrogens is 275 g/mol. The zero-order valence-corrected chi connectivity index (χ0v) is 10.3. The predicted molar refractivity (Wildman–Crippen MR) is 65.0 cm³/mol. The second-order valence-electron chi connectivity index (χ2n) is 3.60. The number of hydrogen-bond acceptors (Lipinski definition) is 6. The molecule has 1 heterocycles. The third-order valence-electron chi connectivity index (χ3n) is 2.16. The van der Waals surface area contributed by atoms with Crippen LogP contribution in [-0.4, -0.2) is 21.6 Å². The predicted octanol–water partition coefficient (Wildman–Crippen LogP) is 2.01. The molecule has 0 spiro atoms. The highest BCUT2D eigenvalue weighted by Gasteiger charge is 2.12. The van der Waals surface area contributed by atoms with Crippen LogP contribution in [0, 0.1) is 17.5 Å². The standard InChI is InChI=1S/C11H10F3N5O/c1-2-20-11-18-9(15)17-10(19-11)16-8-4-6(13)5(12)3-7(8)14/h3-4H,2H2,1H3,(H3,15,16,17,18,19). The summed E-state index contributed by atoms with van der Waals surface area (Å²) in [7, 11) is 0. The van der Waals surface area contributed by atoms with Crippen molar-refractivity contribution >= 4 is 17.6 Å². The first-order valence-corrected chi connectivity index (χ1v) is 5.55. The molecule has 0 saturated carbocycles. The molecule has 0 amide bonds. The number of nitrogens with one attached hydrogen (secondary N) is 1. The van der Waals surface area contributed by atoms with Gasteiger partial charge < -0.3 is 15.8 Å². The molecule has 0 aliphatic carbocycles. The van der Waals surface area contributed by atoms with Gasteiger partial charge in [0.2, 0.25) is 11.9 Å². The van der Waals surface area contributed by atoms with E-state index in [9.17, 15) is 13.2 Å². The molecule has 0 aliphatic rings. The molecule has 2 aromatic rings. The van der Waals surface area contributed by atoms with Gasteiger partial charge >= 0.3 is 6.01 Å². The number of hydrogen-bond donors (Lipinski definition) is 2. The molecule has 9 heteroatoms. The highest BCUT2D eigenvalue weighted by molar-refractivity contribution is 5.55. The molecule has 20 heavy (non-hydrogen) atoms. The molecule has 0 unspecified atom stereocenters. The Labute approximate surface area is 111 Å². The van der Waals surface area contributed by atoms with Crippen LogP contribution in [0.5, 0.6) is 6.01 Å². The summed E-state index contributed by atoms with van der Waals surface area (Å²) in [4.78, 5) is 11.2. The number of halogens is 3. The van der Waals surface area contributed by atoms with E-state index in [1.807, 2.05) is 0 Å². The van der Waals surface area contributed by atoms with Crippen LogP contribution in [0.4, 0.5) is 30.8 Å². The normalized spacial score (nSPS) is 10.4. The quantitative estimate of drug-likeness (QED) is 0.836. The number of anilines is 3. The van der Waals surface area contributed by atoms with Gasteiger partial charge in [-0.2, -0.15) is 15.0 Å². The second-order valence-corrected chi connectivity index (χ2v) is 3.60. The number of nitrogen functional groups attached to an aromatic ring is 1. The van der Waals surface area contributed by atoms with Crippen LogP contribution in [-0.2, 0) is 0 Å². The fourth-order valence-electron chi connectivity index (χ4n) is 1.36. The SMILES string of the molecule is CCOc1nc(N)nc(Nc2cc(F)c(F)cc2F)n1. The van der Waals surface area contributed by atoms with Gasteiger partial charge in [0, 0.05) is 12.1 Å². The van der Waals surface area contributed by atoms with E-state index in [-0.39, 0.29) is 23.6 Å². The average Bonchev–Trinajstić information content (AvgIpc) is 2.35. The lowest BCUT2D eigenvalue weighted by Gasteiger charge is -2.08. The first-order chi connectivity index (χ1) is 9.49. The molecule has 0 aliphatic heterocycles. The van der Waals surface area contributed by atoms with Crippen molar-refractivity contribution in [3.8, 4) is 6.01 Å². The number of rotatable bonds is 4. The van der Waals surface area contributed by atoms with Crippen LogP contribution in [0.3, 0.4) is 0 Å². The molecule has 1 aromatic carbocycles. The van der Waals surface area contributed by atoms with E-state index < -0.39 is 17.5 Å². The number of nitrogens with zero attached hydrogens (tertiary/aromatic N) is 3.